The highest BCUT2D eigenvalue weighted by molar-refractivity contribution is 5.75. The number of aromatic hydroxyl groups is 2. The Morgan fingerprint density at radius 3 is 1.47 bits per heavy atom. The van der Waals surface area contributed by atoms with Crippen LogP contribution in [0.5, 0.6) is 11.5 Å². The van der Waals surface area contributed by atoms with Gasteiger partial charge in [-0.15, -0.1) is 0 Å². The van der Waals surface area contributed by atoms with Crippen molar-refractivity contribution in [3.05, 3.63) is 58.7 Å². The lowest BCUT2D eigenvalue weighted by Crippen LogP contribution is -2.31. The molecule has 0 aliphatic heterocycles. The SMILES string of the molecule is CC(=O)CCc1ccc(O)c(C(CCC(NCC(=O)O)c2cc(CCC(=O)O)ccc2O)NCC(=O)O)c1. The van der Waals surface area contributed by atoms with Crippen molar-refractivity contribution in [1.29, 1.82) is 0 Å². The van der Waals surface area contributed by atoms with Gasteiger partial charge in [0.25, 0.3) is 0 Å². The number of phenols is 2. The fourth-order valence-electron chi connectivity index (χ4n) is 4.14. The van der Waals surface area contributed by atoms with Crippen LogP contribution < -0.4 is 10.6 Å². The van der Waals surface area contributed by atoms with E-state index >= 15 is 0 Å². The van der Waals surface area contributed by atoms with E-state index in [2.05, 4.69) is 10.6 Å². The van der Waals surface area contributed by atoms with Gasteiger partial charge < -0.3 is 30.3 Å². The Morgan fingerprint density at radius 2 is 1.11 bits per heavy atom. The van der Waals surface area contributed by atoms with Crippen molar-refractivity contribution >= 4 is 23.7 Å². The fraction of sp³-hybridized carbons (Fsp3) is 0.407. The van der Waals surface area contributed by atoms with Gasteiger partial charge in [0.05, 0.1) is 13.1 Å². The first-order chi connectivity index (χ1) is 18.0. The average molecular weight is 531 g/mol. The quantitative estimate of drug-likeness (QED) is 0.159. The second-order valence-corrected chi connectivity index (χ2v) is 9.11. The van der Waals surface area contributed by atoms with Crippen LogP contribution in [0, 0.1) is 0 Å². The van der Waals surface area contributed by atoms with Gasteiger partial charge in [-0.1, -0.05) is 24.3 Å². The molecule has 11 heteroatoms. The number of nitrogens with one attached hydrogen (secondary N) is 2. The number of Topliss-reactive ketones (excluding diaryl/α,β-unsaturated/α-hetero) is 1. The highest BCUT2D eigenvalue weighted by Gasteiger charge is 2.22. The highest BCUT2D eigenvalue weighted by Crippen LogP contribution is 2.34. The molecule has 0 radical (unpaired) electrons. The Hall–Kier alpha value is -3.96. The molecule has 0 aliphatic rings. The summed E-state index contributed by atoms with van der Waals surface area (Å²) in [6, 6.07) is 8.21. The summed E-state index contributed by atoms with van der Waals surface area (Å²) in [4.78, 5) is 44.9. The third kappa shape index (κ3) is 10.2. The molecule has 0 aliphatic carbocycles. The van der Waals surface area contributed by atoms with Crippen LogP contribution in [0.1, 0.15) is 66.9 Å². The van der Waals surface area contributed by atoms with Crippen molar-refractivity contribution in [2.45, 2.75) is 57.5 Å². The van der Waals surface area contributed by atoms with E-state index in [9.17, 15) is 39.6 Å². The number of hydrogen-bond acceptors (Lipinski definition) is 8. The first-order valence-corrected chi connectivity index (χ1v) is 12.2. The molecule has 0 fully saturated rings. The van der Waals surface area contributed by atoms with Crippen LogP contribution in [0.4, 0.5) is 0 Å². The lowest BCUT2D eigenvalue weighted by Gasteiger charge is -2.25. The molecule has 2 atom stereocenters. The summed E-state index contributed by atoms with van der Waals surface area (Å²) in [5, 5.41) is 54.3. The molecule has 7 N–H and O–H groups in total. The second-order valence-electron chi connectivity index (χ2n) is 9.11. The summed E-state index contributed by atoms with van der Waals surface area (Å²) in [5.41, 5.74) is 2.26. The van der Waals surface area contributed by atoms with Crippen LogP contribution >= 0.6 is 0 Å². The van der Waals surface area contributed by atoms with Crippen LogP contribution in [0.3, 0.4) is 0 Å². The van der Waals surface area contributed by atoms with Crippen molar-refractivity contribution < 1.29 is 44.7 Å². The van der Waals surface area contributed by atoms with Crippen LogP contribution in [0.15, 0.2) is 36.4 Å². The minimum atomic E-state index is -1.12. The van der Waals surface area contributed by atoms with E-state index in [0.29, 0.717) is 29.5 Å². The number of carbonyl (C=O) groups is 4. The molecule has 0 heterocycles. The maximum absolute atomic E-state index is 11.4. The predicted molar refractivity (Wildman–Crippen MR) is 137 cm³/mol. The molecule has 2 rings (SSSR count). The van der Waals surface area contributed by atoms with Crippen LogP contribution in [0.25, 0.3) is 0 Å². The third-order valence-electron chi connectivity index (χ3n) is 6.07. The van der Waals surface area contributed by atoms with E-state index in [0.717, 1.165) is 5.56 Å². The van der Waals surface area contributed by atoms with Gasteiger partial charge in [-0.25, -0.2) is 0 Å². The zero-order valence-corrected chi connectivity index (χ0v) is 21.1. The number of hydrogen-bond donors (Lipinski definition) is 7. The third-order valence-corrected chi connectivity index (χ3v) is 6.07. The minimum absolute atomic E-state index is 0.0120. The van der Waals surface area contributed by atoms with Gasteiger partial charge in [0.15, 0.2) is 0 Å². The van der Waals surface area contributed by atoms with Gasteiger partial charge in [0.2, 0.25) is 0 Å². The van der Waals surface area contributed by atoms with E-state index in [1.807, 2.05) is 0 Å². The van der Waals surface area contributed by atoms with Gasteiger partial charge in [-0.3, -0.25) is 25.0 Å². The Balaban J connectivity index is 2.35. The van der Waals surface area contributed by atoms with Gasteiger partial charge in [-0.05, 0) is 55.9 Å². The number of phenolic OH excluding ortho intramolecular Hbond substituents is 2. The number of benzene rings is 2. The minimum Gasteiger partial charge on any atom is -0.508 e. The normalized spacial score (nSPS) is 12.6. The molecule has 0 spiro atoms. The average Bonchev–Trinajstić information content (AvgIpc) is 2.84. The monoisotopic (exact) mass is 530 g/mol. The molecule has 0 saturated heterocycles. The smallest absolute Gasteiger partial charge is 0.317 e. The summed E-state index contributed by atoms with van der Waals surface area (Å²) in [6.07, 6.45) is 1.35. The molecule has 11 nitrogen and oxygen atoms in total. The number of carbonyl (C=O) groups excluding carboxylic acids is 1. The summed E-state index contributed by atoms with van der Waals surface area (Å²) >= 11 is 0. The Morgan fingerprint density at radius 1 is 0.684 bits per heavy atom. The standard InChI is InChI=1S/C27H34N2O9/c1-16(30)2-3-17-4-9-23(31)19(12-17)21(28-14-26(35)36)7-8-22(29-15-27(37)38)20-13-18(5-10-24(20)32)6-11-25(33)34/h4-5,9-10,12-13,21-22,28-29,31-32H,2-3,6-8,11,14-15H2,1H3,(H,33,34)(H,35,36)(H,37,38). The molecule has 0 saturated carbocycles. The van der Waals surface area contributed by atoms with Crippen molar-refractivity contribution in [3.63, 3.8) is 0 Å². The molecule has 2 aromatic carbocycles. The van der Waals surface area contributed by atoms with Crippen molar-refractivity contribution in [1.82, 2.24) is 10.6 Å². The highest BCUT2D eigenvalue weighted by atomic mass is 16.4. The van der Waals surface area contributed by atoms with Gasteiger partial charge >= 0.3 is 17.9 Å². The molecule has 0 bridgehead atoms. The van der Waals surface area contributed by atoms with Crippen LogP contribution in [-0.2, 0) is 32.0 Å². The van der Waals surface area contributed by atoms with Gasteiger partial charge in [0.1, 0.15) is 17.3 Å². The first kappa shape index (κ1) is 30.3. The number of ketones is 1. The Bertz CT molecular complexity index is 1060. The second kappa shape index (κ2) is 14.7. The molecule has 2 aromatic rings. The molecular weight excluding hydrogens is 496 g/mol. The Labute approximate surface area is 220 Å². The van der Waals surface area contributed by atoms with E-state index in [1.54, 1.807) is 24.3 Å². The van der Waals surface area contributed by atoms with E-state index in [1.165, 1.54) is 19.1 Å². The van der Waals surface area contributed by atoms with E-state index in [4.69, 9.17) is 5.11 Å². The van der Waals surface area contributed by atoms with Crippen molar-refractivity contribution in [2.24, 2.45) is 0 Å². The summed E-state index contributed by atoms with van der Waals surface area (Å²) in [6.45, 7) is 0.669. The fourth-order valence-corrected chi connectivity index (χ4v) is 4.14. The number of aryl methyl sites for hydroxylation is 2. The molecule has 0 aromatic heterocycles. The topological polar surface area (TPSA) is 193 Å². The maximum Gasteiger partial charge on any atom is 0.317 e. The maximum atomic E-state index is 11.4. The van der Waals surface area contributed by atoms with Crippen molar-refractivity contribution in [2.75, 3.05) is 13.1 Å². The summed E-state index contributed by atoms with van der Waals surface area (Å²) in [7, 11) is 0. The molecule has 206 valence electrons. The zero-order valence-electron chi connectivity index (χ0n) is 21.1. The molecule has 0 amide bonds. The molecule has 38 heavy (non-hydrogen) atoms. The number of carboxylic acid groups (broad SMARTS) is 3. The summed E-state index contributed by atoms with van der Waals surface area (Å²) in [5.74, 6) is -3.35. The van der Waals surface area contributed by atoms with Crippen LogP contribution in [-0.4, -0.2) is 62.3 Å². The predicted octanol–water partition coefficient (Wildman–Crippen LogP) is 2.55. The number of aliphatic carboxylic acids is 3. The Kier molecular flexibility index (Phi) is 11.7. The molecule has 2 unspecified atom stereocenters. The number of rotatable bonds is 17. The molecular formula is C27H34N2O9. The zero-order chi connectivity index (χ0) is 28.2. The van der Waals surface area contributed by atoms with E-state index < -0.39 is 43.1 Å². The first-order valence-electron chi connectivity index (χ1n) is 12.2. The van der Waals surface area contributed by atoms with Crippen molar-refractivity contribution in [3.8, 4) is 11.5 Å². The van der Waals surface area contributed by atoms with Crippen LogP contribution in [0.2, 0.25) is 0 Å². The lowest BCUT2D eigenvalue weighted by atomic mass is 9.92. The van der Waals surface area contributed by atoms with Gasteiger partial charge in [0, 0.05) is 36.1 Å². The lowest BCUT2D eigenvalue weighted by molar-refractivity contribution is -0.137. The number of carboxylic acids is 3. The summed E-state index contributed by atoms with van der Waals surface area (Å²) < 4.78 is 0. The van der Waals surface area contributed by atoms with E-state index in [-0.39, 0.29) is 43.0 Å². The van der Waals surface area contributed by atoms with Gasteiger partial charge in [-0.2, -0.15) is 0 Å². The largest absolute Gasteiger partial charge is 0.508 e.